The molecule has 18 heavy (non-hydrogen) atoms. The van der Waals surface area contributed by atoms with E-state index >= 15 is 0 Å². The molecule has 4 fully saturated rings. The van der Waals surface area contributed by atoms with Gasteiger partial charge in [-0.3, -0.25) is 9.59 Å². The lowest BCUT2D eigenvalue weighted by molar-refractivity contribution is -0.173. The van der Waals surface area contributed by atoms with E-state index in [0.717, 1.165) is 19.3 Å². The standard InChI is InChI=1S/C15H20O3/c1-9-4-5-15-13(3)8-12(13,2)10(16)6-14(9,15)7-11(17)18-15/h9H,4-8H2,1-3H3/t9-,12-,13-,14-,15-/m0/s1. The van der Waals surface area contributed by atoms with Gasteiger partial charge in [-0.15, -0.1) is 0 Å². The van der Waals surface area contributed by atoms with Gasteiger partial charge in [0.2, 0.25) is 0 Å². The van der Waals surface area contributed by atoms with Crippen LogP contribution in [0.2, 0.25) is 0 Å². The van der Waals surface area contributed by atoms with Gasteiger partial charge in [-0.2, -0.15) is 0 Å². The van der Waals surface area contributed by atoms with Crippen molar-refractivity contribution in [2.45, 2.75) is 58.5 Å². The van der Waals surface area contributed by atoms with Crippen molar-refractivity contribution >= 4 is 11.8 Å². The van der Waals surface area contributed by atoms with Crippen LogP contribution in [0.4, 0.5) is 0 Å². The molecule has 1 aliphatic heterocycles. The summed E-state index contributed by atoms with van der Waals surface area (Å²) in [5, 5.41) is 0. The molecule has 0 N–H and O–H groups in total. The van der Waals surface area contributed by atoms with Gasteiger partial charge < -0.3 is 4.74 Å². The number of Topliss-reactive ketones (excluding diaryl/α,β-unsaturated/α-hetero) is 1. The first-order chi connectivity index (χ1) is 8.31. The van der Waals surface area contributed by atoms with E-state index < -0.39 is 0 Å². The zero-order valence-corrected chi connectivity index (χ0v) is 11.3. The number of fused-ring (bicyclic) bond motifs is 1. The second kappa shape index (κ2) is 2.54. The maximum atomic E-state index is 12.5. The van der Waals surface area contributed by atoms with Crippen LogP contribution in [0.15, 0.2) is 0 Å². The Bertz CT molecular complexity index is 498. The molecule has 3 nitrogen and oxygen atoms in total. The first-order valence-electron chi connectivity index (χ1n) is 7.07. The lowest BCUT2D eigenvalue weighted by Gasteiger charge is -2.49. The van der Waals surface area contributed by atoms with E-state index in [-0.39, 0.29) is 27.8 Å². The third-order valence-corrected chi connectivity index (χ3v) is 7.21. The molecule has 0 aromatic rings. The van der Waals surface area contributed by atoms with Crippen LogP contribution >= 0.6 is 0 Å². The van der Waals surface area contributed by atoms with Gasteiger partial charge in [-0.25, -0.2) is 0 Å². The molecule has 0 unspecified atom stereocenters. The average molecular weight is 248 g/mol. The fraction of sp³-hybridized carbons (Fsp3) is 0.867. The number of ether oxygens (including phenoxy) is 1. The molecular weight excluding hydrogens is 228 g/mol. The molecule has 0 amide bonds. The Labute approximate surface area is 107 Å². The molecule has 98 valence electrons. The number of hydrogen-bond acceptors (Lipinski definition) is 3. The molecule has 0 aromatic carbocycles. The lowest BCUT2D eigenvalue weighted by atomic mass is 9.55. The van der Waals surface area contributed by atoms with Gasteiger partial charge in [0.05, 0.1) is 6.42 Å². The molecule has 0 radical (unpaired) electrons. The molecule has 1 saturated heterocycles. The first-order valence-corrected chi connectivity index (χ1v) is 7.07. The molecule has 1 heterocycles. The summed E-state index contributed by atoms with van der Waals surface area (Å²) < 4.78 is 5.92. The normalized spacial score (nSPS) is 60.9. The van der Waals surface area contributed by atoms with Gasteiger partial charge in [-0.1, -0.05) is 20.8 Å². The minimum Gasteiger partial charge on any atom is -0.458 e. The van der Waals surface area contributed by atoms with Gasteiger partial charge in [0.1, 0.15) is 11.4 Å². The van der Waals surface area contributed by atoms with Crippen LogP contribution in [0, 0.1) is 22.2 Å². The smallest absolute Gasteiger partial charge is 0.307 e. The van der Waals surface area contributed by atoms with E-state index in [2.05, 4.69) is 20.8 Å². The zero-order valence-electron chi connectivity index (χ0n) is 11.3. The minimum absolute atomic E-state index is 0.0771. The molecule has 4 aliphatic rings. The quantitative estimate of drug-likeness (QED) is 0.618. The van der Waals surface area contributed by atoms with E-state index in [1.807, 2.05) is 0 Å². The van der Waals surface area contributed by atoms with Gasteiger partial charge in [-0.05, 0) is 25.2 Å². The monoisotopic (exact) mass is 248 g/mol. The van der Waals surface area contributed by atoms with Crippen LogP contribution in [-0.4, -0.2) is 17.4 Å². The lowest BCUT2D eigenvalue weighted by Crippen LogP contribution is -2.56. The molecule has 0 aromatic heterocycles. The van der Waals surface area contributed by atoms with Crippen LogP contribution in [0.3, 0.4) is 0 Å². The maximum Gasteiger partial charge on any atom is 0.307 e. The van der Waals surface area contributed by atoms with E-state index in [1.54, 1.807) is 0 Å². The van der Waals surface area contributed by atoms with Crippen molar-refractivity contribution in [1.29, 1.82) is 0 Å². The fourth-order valence-electron chi connectivity index (χ4n) is 5.76. The number of carbonyl (C=O) groups is 2. The molecule has 0 spiro atoms. The van der Waals surface area contributed by atoms with E-state index in [1.165, 1.54) is 0 Å². The second-order valence-corrected chi connectivity index (χ2v) is 7.51. The van der Waals surface area contributed by atoms with Gasteiger partial charge in [0, 0.05) is 22.7 Å². The molecular formula is C15H20O3. The predicted molar refractivity (Wildman–Crippen MR) is 64.7 cm³/mol. The molecule has 0 bridgehead atoms. The highest BCUT2D eigenvalue weighted by Crippen LogP contribution is 2.83. The molecule has 3 heteroatoms. The Morgan fingerprint density at radius 1 is 1.22 bits per heavy atom. The molecule has 3 aliphatic carbocycles. The van der Waals surface area contributed by atoms with E-state index in [4.69, 9.17) is 4.74 Å². The number of hydrogen-bond donors (Lipinski definition) is 0. The Kier molecular flexibility index (Phi) is 1.56. The maximum absolute atomic E-state index is 12.5. The van der Waals surface area contributed by atoms with Crippen LogP contribution in [0.25, 0.3) is 0 Å². The zero-order chi connectivity index (χ0) is 13.0. The number of esters is 1. The van der Waals surface area contributed by atoms with Crippen molar-refractivity contribution in [2.75, 3.05) is 0 Å². The Morgan fingerprint density at radius 3 is 2.67 bits per heavy atom. The van der Waals surface area contributed by atoms with Crippen LogP contribution in [0.1, 0.15) is 52.9 Å². The largest absolute Gasteiger partial charge is 0.458 e. The summed E-state index contributed by atoms with van der Waals surface area (Å²) in [4.78, 5) is 24.5. The van der Waals surface area contributed by atoms with Crippen LogP contribution in [-0.2, 0) is 14.3 Å². The summed E-state index contributed by atoms with van der Waals surface area (Å²) in [5.41, 5.74) is -0.859. The van der Waals surface area contributed by atoms with E-state index in [9.17, 15) is 9.59 Å². The summed E-state index contributed by atoms with van der Waals surface area (Å²) in [6.45, 7) is 6.45. The Morgan fingerprint density at radius 2 is 1.94 bits per heavy atom. The van der Waals surface area contributed by atoms with Gasteiger partial charge in [0.25, 0.3) is 0 Å². The number of ketones is 1. The average Bonchev–Trinajstić information content (AvgIpc) is 2.60. The Hall–Kier alpha value is -0.860. The summed E-state index contributed by atoms with van der Waals surface area (Å²) in [5.74, 6) is 0.717. The molecule has 4 rings (SSSR count). The Balaban J connectivity index is 1.96. The van der Waals surface area contributed by atoms with Crippen molar-refractivity contribution in [3.63, 3.8) is 0 Å². The van der Waals surface area contributed by atoms with Crippen molar-refractivity contribution in [3.8, 4) is 0 Å². The van der Waals surface area contributed by atoms with Crippen molar-refractivity contribution in [1.82, 2.24) is 0 Å². The summed E-state index contributed by atoms with van der Waals surface area (Å²) in [6, 6.07) is 0. The first kappa shape index (κ1) is 11.0. The SMILES string of the molecule is C[C@H]1CC[C@@]23OC(=O)C[C@@]12CC(=O)[C@]1(C)C[C@]31C. The van der Waals surface area contributed by atoms with Crippen LogP contribution < -0.4 is 0 Å². The topological polar surface area (TPSA) is 43.4 Å². The number of carbonyl (C=O) groups excluding carboxylic acids is 2. The third kappa shape index (κ3) is 0.759. The number of rotatable bonds is 0. The molecule has 5 atom stereocenters. The third-order valence-electron chi connectivity index (χ3n) is 7.21. The summed E-state index contributed by atoms with van der Waals surface area (Å²) in [6.07, 6.45) is 3.98. The van der Waals surface area contributed by atoms with E-state index in [0.29, 0.717) is 24.5 Å². The highest BCUT2D eigenvalue weighted by atomic mass is 16.6. The molecule has 3 saturated carbocycles. The van der Waals surface area contributed by atoms with Crippen molar-refractivity contribution < 1.29 is 14.3 Å². The fourth-order valence-corrected chi connectivity index (χ4v) is 5.76. The van der Waals surface area contributed by atoms with Gasteiger partial charge >= 0.3 is 5.97 Å². The summed E-state index contributed by atoms with van der Waals surface area (Å²) in [7, 11) is 0. The second-order valence-electron chi connectivity index (χ2n) is 7.51. The van der Waals surface area contributed by atoms with Gasteiger partial charge in [0.15, 0.2) is 0 Å². The van der Waals surface area contributed by atoms with Crippen LogP contribution in [0.5, 0.6) is 0 Å². The van der Waals surface area contributed by atoms with Crippen molar-refractivity contribution in [2.24, 2.45) is 22.2 Å². The van der Waals surface area contributed by atoms with Crippen molar-refractivity contribution in [3.05, 3.63) is 0 Å². The highest BCUT2D eigenvalue weighted by Gasteiger charge is 2.87. The predicted octanol–water partition coefficient (Wildman–Crippen LogP) is 2.48. The highest BCUT2D eigenvalue weighted by molar-refractivity contribution is 5.93. The summed E-state index contributed by atoms with van der Waals surface area (Å²) >= 11 is 0. The minimum atomic E-state index is -0.334.